The van der Waals surface area contributed by atoms with Crippen LogP contribution in [0.3, 0.4) is 0 Å². The Hall–Kier alpha value is -1.85. The number of hydrogen-bond donors (Lipinski definition) is 0. The minimum absolute atomic E-state index is 0.832. The molecule has 0 saturated carbocycles. The molecule has 2 aliphatic rings. The van der Waals surface area contributed by atoms with E-state index < -0.39 is 0 Å². The minimum atomic E-state index is 0.832. The summed E-state index contributed by atoms with van der Waals surface area (Å²) in [6.07, 6.45) is 9.49. The second-order valence-electron chi connectivity index (χ2n) is 6.47. The predicted octanol–water partition coefficient (Wildman–Crippen LogP) is 2.34. The SMILES string of the molecule is Cn1cnc2nc(N3CCCCC3)nc(N3CCCCC3)c21. The molecule has 0 aliphatic carbocycles. The van der Waals surface area contributed by atoms with Crippen molar-refractivity contribution < 1.29 is 0 Å². The summed E-state index contributed by atoms with van der Waals surface area (Å²) < 4.78 is 2.05. The first kappa shape index (κ1) is 13.8. The highest BCUT2D eigenvalue weighted by molar-refractivity contribution is 5.85. The van der Waals surface area contributed by atoms with Crippen LogP contribution in [0.15, 0.2) is 6.33 Å². The van der Waals surface area contributed by atoms with Gasteiger partial charge in [0.1, 0.15) is 5.52 Å². The van der Waals surface area contributed by atoms with Crippen molar-refractivity contribution in [3.05, 3.63) is 6.33 Å². The van der Waals surface area contributed by atoms with Crippen LogP contribution in [0.25, 0.3) is 11.2 Å². The molecule has 0 spiro atoms. The molecule has 2 aromatic rings. The minimum Gasteiger partial charge on any atom is -0.355 e. The molecule has 0 radical (unpaired) electrons. The molecular weight excluding hydrogens is 276 g/mol. The molecule has 22 heavy (non-hydrogen) atoms. The highest BCUT2D eigenvalue weighted by Crippen LogP contribution is 2.28. The van der Waals surface area contributed by atoms with E-state index in [1.165, 1.54) is 38.5 Å². The monoisotopic (exact) mass is 300 g/mol. The van der Waals surface area contributed by atoms with Crippen LogP contribution in [0.5, 0.6) is 0 Å². The number of anilines is 2. The molecule has 4 heterocycles. The Morgan fingerprint density at radius 2 is 1.45 bits per heavy atom. The van der Waals surface area contributed by atoms with Crippen molar-refractivity contribution in [2.45, 2.75) is 38.5 Å². The first-order valence-corrected chi connectivity index (χ1v) is 8.52. The molecule has 6 heteroatoms. The van der Waals surface area contributed by atoms with E-state index in [1.807, 2.05) is 13.4 Å². The van der Waals surface area contributed by atoms with Gasteiger partial charge in [-0.15, -0.1) is 0 Å². The molecule has 0 bridgehead atoms. The maximum atomic E-state index is 4.96. The second kappa shape index (κ2) is 5.74. The van der Waals surface area contributed by atoms with E-state index in [1.54, 1.807) is 0 Å². The Balaban J connectivity index is 1.78. The van der Waals surface area contributed by atoms with Gasteiger partial charge in [0, 0.05) is 33.2 Å². The highest BCUT2D eigenvalue weighted by atomic mass is 15.3. The summed E-state index contributed by atoms with van der Waals surface area (Å²) in [6.45, 7) is 4.32. The summed E-state index contributed by atoms with van der Waals surface area (Å²) in [5, 5.41) is 0. The van der Waals surface area contributed by atoms with E-state index in [0.717, 1.165) is 49.1 Å². The Kier molecular flexibility index (Phi) is 3.60. The molecule has 2 saturated heterocycles. The molecule has 6 nitrogen and oxygen atoms in total. The molecule has 0 unspecified atom stereocenters. The molecule has 0 aromatic carbocycles. The van der Waals surface area contributed by atoms with Gasteiger partial charge in [0.05, 0.1) is 6.33 Å². The molecular formula is C16H24N6. The number of aromatic nitrogens is 4. The number of rotatable bonds is 2. The lowest BCUT2D eigenvalue weighted by atomic mass is 10.1. The topological polar surface area (TPSA) is 50.1 Å². The van der Waals surface area contributed by atoms with Crippen LogP contribution in [-0.4, -0.2) is 45.7 Å². The van der Waals surface area contributed by atoms with Crippen molar-refractivity contribution in [1.29, 1.82) is 0 Å². The summed E-state index contributed by atoms with van der Waals surface area (Å²) >= 11 is 0. The maximum absolute atomic E-state index is 4.96. The summed E-state index contributed by atoms with van der Waals surface area (Å²) in [5.41, 5.74) is 1.90. The maximum Gasteiger partial charge on any atom is 0.229 e. The summed E-state index contributed by atoms with van der Waals surface area (Å²) in [7, 11) is 2.03. The van der Waals surface area contributed by atoms with Gasteiger partial charge in [-0.05, 0) is 38.5 Å². The number of piperidine rings is 2. The van der Waals surface area contributed by atoms with Crippen molar-refractivity contribution in [1.82, 2.24) is 19.5 Å². The third-order valence-electron chi connectivity index (χ3n) is 4.84. The first-order chi connectivity index (χ1) is 10.8. The number of imidazole rings is 1. The molecule has 0 N–H and O–H groups in total. The zero-order valence-corrected chi connectivity index (χ0v) is 13.3. The van der Waals surface area contributed by atoms with Gasteiger partial charge in [0.15, 0.2) is 11.5 Å². The fourth-order valence-corrected chi connectivity index (χ4v) is 3.59. The van der Waals surface area contributed by atoms with Crippen LogP contribution >= 0.6 is 0 Å². The number of hydrogen-bond acceptors (Lipinski definition) is 5. The number of fused-ring (bicyclic) bond motifs is 1. The fraction of sp³-hybridized carbons (Fsp3) is 0.688. The predicted molar refractivity (Wildman–Crippen MR) is 88.4 cm³/mol. The molecule has 2 aromatic heterocycles. The van der Waals surface area contributed by atoms with Crippen molar-refractivity contribution >= 4 is 22.9 Å². The number of aryl methyl sites for hydroxylation is 1. The van der Waals surface area contributed by atoms with Crippen LogP contribution in [0.2, 0.25) is 0 Å². The standard InChI is InChI=1S/C16H24N6/c1-20-12-17-14-13(20)15(21-8-4-2-5-9-21)19-16(18-14)22-10-6-3-7-11-22/h12H,2-11H2,1H3. The third-order valence-corrected chi connectivity index (χ3v) is 4.84. The Morgan fingerprint density at radius 1 is 0.818 bits per heavy atom. The quantitative estimate of drug-likeness (QED) is 0.852. The van der Waals surface area contributed by atoms with Crippen molar-refractivity contribution in [3.63, 3.8) is 0 Å². The van der Waals surface area contributed by atoms with Crippen LogP contribution in [0.4, 0.5) is 11.8 Å². The molecule has 2 aliphatic heterocycles. The van der Waals surface area contributed by atoms with Gasteiger partial charge in [0.2, 0.25) is 5.95 Å². The fourth-order valence-electron chi connectivity index (χ4n) is 3.59. The number of nitrogens with zero attached hydrogens (tertiary/aromatic N) is 6. The second-order valence-corrected chi connectivity index (χ2v) is 6.47. The molecule has 4 rings (SSSR count). The van der Waals surface area contributed by atoms with Crippen LogP contribution < -0.4 is 9.80 Å². The average molecular weight is 300 g/mol. The molecule has 0 amide bonds. The average Bonchev–Trinajstić information content (AvgIpc) is 2.97. The molecule has 0 atom stereocenters. The summed E-state index contributed by atoms with van der Waals surface area (Å²) in [4.78, 5) is 18.9. The van der Waals surface area contributed by atoms with Gasteiger partial charge in [-0.3, -0.25) is 0 Å². The molecule has 2 fully saturated rings. The Bertz CT molecular complexity index is 652. The summed E-state index contributed by atoms with van der Waals surface area (Å²) in [5.74, 6) is 1.94. The van der Waals surface area contributed by atoms with E-state index in [4.69, 9.17) is 9.97 Å². The van der Waals surface area contributed by atoms with Gasteiger partial charge < -0.3 is 14.4 Å². The molecule has 118 valence electrons. The zero-order valence-electron chi connectivity index (χ0n) is 13.3. The Morgan fingerprint density at radius 3 is 2.14 bits per heavy atom. The highest BCUT2D eigenvalue weighted by Gasteiger charge is 2.22. The first-order valence-electron chi connectivity index (χ1n) is 8.52. The lowest BCUT2D eigenvalue weighted by Gasteiger charge is -2.31. The van der Waals surface area contributed by atoms with Crippen LogP contribution in [0.1, 0.15) is 38.5 Å². The van der Waals surface area contributed by atoms with Crippen molar-refractivity contribution in [3.8, 4) is 0 Å². The van der Waals surface area contributed by atoms with Gasteiger partial charge in [0.25, 0.3) is 0 Å². The van der Waals surface area contributed by atoms with Gasteiger partial charge in [-0.25, -0.2) is 4.98 Å². The normalized spacial score (nSPS) is 19.9. The van der Waals surface area contributed by atoms with Crippen LogP contribution in [-0.2, 0) is 7.05 Å². The third kappa shape index (κ3) is 2.40. The van der Waals surface area contributed by atoms with Gasteiger partial charge in [-0.2, -0.15) is 9.97 Å². The van der Waals surface area contributed by atoms with E-state index >= 15 is 0 Å². The van der Waals surface area contributed by atoms with E-state index in [-0.39, 0.29) is 0 Å². The lowest BCUT2D eigenvalue weighted by molar-refractivity contribution is 0.562. The lowest BCUT2D eigenvalue weighted by Crippen LogP contribution is -2.34. The zero-order chi connectivity index (χ0) is 14.9. The van der Waals surface area contributed by atoms with E-state index in [0.29, 0.717) is 0 Å². The van der Waals surface area contributed by atoms with E-state index in [9.17, 15) is 0 Å². The summed E-state index contributed by atoms with van der Waals surface area (Å²) in [6, 6.07) is 0. The van der Waals surface area contributed by atoms with Crippen molar-refractivity contribution in [2.75, 3.05) is 36.0 Å². The van der Waals surface area contributed by atoms with E-state index in [2.05, 4.69) is 19.4 Å². The van der Waals surface area contributed by atoms with Gasteiger partial charge >= 0.3 is 0 Å². The van der Waals surface area contributed by atoms with Crippen molar-refractivity contribution in [2.24, 2.45) is 7.05 Å². The van der Waals surface area contributed by atoms with Crippen LogP contribution in [0, 0.1) is 0 Å². The largest absolute Gasteiger partial charge is 0.355 e. The van der Waals surface area contributed by atoms with Gasteiger partial charge in [-0.1, -0.05) is 0 Å². The smallest absolute Gasteiger partial charge is 0.229 e. The Labute approximate surface area is 131 Å².